The maximum atomic E-state index is 11.8. The summed E-state index contributed by atoms with van der Waals surface area (Å²) < 4.78 is 6.97. The second kappa shape index (κ2) is 5.42. The molecule has 0 aliphatic rings. The molecule has 1 N–H and O–H groups in total. The fourth-order valence-corrected chi connectivity index (χ4v) is 1.67. The van der Waals surface area contributed by atoms with Crippen molar-refractivity contribution in [3.05, 3.63) is 18.2 Å². The Morgan fingerprint density at radius 1 is 1.47 bits per heavy atom. The largest absolute Gasteiger partial charge is 0.444 e. The Hall–Kier alpha value is -1.85. The van der Waals surface area contributed by atoms with Crippen LogP contribution in [0.15, 0.2) is 12.5 Å². The van der Waals surface area contributed by atoms with Crippen LogP contribution >= 0.6 is 0 Å². The molecule has 6 nitrogen and oxygen atoms in total. The number of aromatic nitrogens is 2. The molecule has 6 heteroatoms. The van der Waals surface area contributed by atoms with Gasteiger partial charge in [0.1, 0.15) is 11.1 Å². The molecule has 0 fully saturated rings. The number of rotatable bonds is 4. The van der Waals surface area contributed by atoms with Gasteiger partial charge in [-0.15, -0.1) is 0 Å². The Morgan fingerprint density at radius 3 is 2.58 bits per heavy atom. The Labute approximate surface area is 113 Å². The number of amides is 1. The quantitative estimate of drug-likeness (QED) is 0.845. The van der Waals surface area contributed by atoms with Gasteiger partial charge in [-0.25, -0.2) is 9.78 Å². The molecular weight excluding hydrogens is 246 g/mol. The Balaban J connectivity index is 2.93. The van der Waals surface area contributed by atoms with E-state index >= 15 is 0 Å². The normalized spacial score (nSPS) is 14.6. The number of imidazole rings is 1. The van der Waals surface area contributed by atoms with Crippen molar-refractivity contribution >= 4 is 12.4 Å². The smallest absolute Gasteiger partial charge is 0.408 e. The molecule has 0 aliphatic heterocycles. The Bertz CT molecular complexity index is 462. The molecule has 1 aromatic heterocycles. The summed E-state index contributed by atoms with van der Waals surface area (Å²) in [6, 6.07) is 0. The number of aryl methyl sites for hydroxylation is 1. The van der Waals surface area contributed by atoms with Crippen LogP contribution in [0.5, 0.6) is 0 Å². The molecule has 1 amide bonds. The van der Waals surface area contributed by atoms with Crippen molar-refractivity contribution in [2.75, 3.05) is 0 Å². The zero-order valence-electron chi connectivity index (χ0n) is 12.1. The number of aldehydes is 1. The van der Waals surface area contributed by atoms with Gasteiger partial charge in [0.25, 0.3) is 0 Å². The maximum absolute atomic E-state index is 11.8. The molecule has 1 heterocycles. The lowest BCUT2D eigenvalue weighted by atomic mass is 10.0. The van der Waals surface area contributed by atoms with Crippen molar-refractivity contribution in [1.82, 2.24) is 14.9 Å². The first-order valence-electron chi connectivity index (χ1n) is 6.20. The number of nitrogens with one attached hydrogen (secondary N) is 1. The Morgan fingerprint density at radius 2 is 2.11 bits per heavy atom. The van der Waals surface area contributed by atoms with Gasteiger partial charge >= 0.3 is 6.09 Å². The minimum Gasteiger partial charge on any atom is -0.444 e. The number of carbonyl (C=O) groups is 2. The first-order chi connectivity index (χ1) is 8.72. The summed E-state index contributed by atoms with van der Waals surface area (Å²) in [7, 11) is 0. The summed E-state index contributed by atoms with van der Waals surface area (Å²) in [5.41, 5.74) is -1.15. The van der Waals surface area contributed by atoms with Crippen LogP contribution in [-0.4, -0.2) is 27.5 Å². The zero-order chi connectivity index (χ0) is 14.7. The number of carbonyl (C=O) groups excluding carboxylic acids is 2. The predicted molar refractivity (Wildman–Crippen MR) is 70.7 cm³/mol. The van der Waals surface area contributed by atoms with Crippen LogP contribution in [-0.2, 0) is 21.6 Å². The molecule has 0 radical (unpaired) electrons. The summed E-state index contributed by atoms with van der Waals surface area (Å²) in [6.07, 6.45) is 3.23. The van der Waals surface area contributed by atoms with Gasteiger partial charge in [-0.3, -0.25) is 0 Å². The van der Waals surface area contributed by atoms with Gasteiger partial charge in [-0.05, 0) is 34.6 Å². The van der Waals surface area contributed by atoms with Crippen LogP contribution in [0.4, 0.5) is 4.79 Å². The highest BCUT2D eigenvalue weighted by Crippen LogP contribution is 2.19. The number of hydrogen-bond acceptors (Lipinski definition) is 4. The van der Waals surface area contributed by atoms with Crippen LogP contribution < -0.4 is 5.32 Å². The Kier molecular flexibility index (Phi) is 4.34. The maximum Gasteiger partial charge on any atom is 0.408 e. The van der Waals surface area contributed by atoms with Crippen LogP contribution in [0, 0.1) is 0 Å². The minimum atomic E-state index is -1.16. The summed E-state index contributed by atoms with van der Waals surface area (Å²) in [4.78, 5) is 27.2. The van der Waals surface area contributed by atoms with E-state index in [0.717, 1.165) is 0 Å². The number of nitrogens with zero attached hydrogens (tertiary/aromatic N) is 2. The molecule has 106 valence electrons. The second-order valence-corrected chi connectivity index (χ2v) is 5.51. The average Bonchev–Trinajstić information content (AvgIpc) is 2.74. The van der Waals surface area contributed by atoms with E-state index in [2.05, 4.69) is 10.3 Å². The van der Waals surface area contributed by atoms with Crippen molar-refractivity contribution in [3.63, 3.8) is 0 Å². The van der Waals surface area contributed by atoms with Gasteiger partial charge in [0.05, 0.1) is 18.2 Å². The lowest BCUT2D eigenvalue weighted by Gasteiger charge is -2.28. The highest BCUT2D eigenvalue weighted by molar-refractivity contribution is 5.77. The molecule has 1 atom stereocenters. The number of alkyl carbamates (subject to hydrolysis) is 1. The van der Waals surface area contributed by atoms with Crippen LogP contribution in [0.25, 0.3) is 0 Å². The third-order valence-corrected chi connectivity index (χ3v) is 2.58. The van der Waals surface area contributed by atoms with Gasteiger partial charge in [-0.1, -0.05) is 0 Å². The highest BCUT2D eigenvalue weighted by Gasteiger charge is 2.33. The van der Waals surface area contributed by atoms with E-state index in [9.17, 15) is 9.59 Å². The molecule has 0 aliphatic carbocycles. The summed E-state index contributed by atoms with van der Waals surface area (Å²) in [6.45, 7) is 9.51. The first kappa shape index (κ1) is 15.2. The molecule has 0 saturated heterocycles. The summed E-state index contributed by atoms with van der Waals surface area (Å²) in [5.74, 6) is 0. The molecular formula is C13H21N3O3. The molecule has 1 aromatic rings. The fourth-order valence-electron chi connectivity index (χ4n) is 1.67. The molecule has 0 spiro atoms. The molecule has 0 aromatic carbocycles. The van der Waals surface area contributed by atoms with E-state index in [-0.39, 0.29) is 0 Å². The van der Waals surface area contributed by atoms with Gasteiger partial charge in [0.15, 0.2) is 6.29 Å². The van der Waals surface area contributed by atoms with Gasteiger partial charge in [0.2, 0.25) is 0 Å². The van der Waals surface area contributed by atoms with Crippen LogP contribution in [0.1, 0.15) is 40.3 Å². The van der Waals surface area contributed by atoms with E-state index in [4.69, 9.17) is 4.74 Å². The van der Waals surface area contributed by atoms with Crippen molar-refractivity contribution in [3.8, 4) is 0 Å². The SMILES string of the molecule is CCn1cncc1C(C)(C=O)NC(=O)OC(C)(C)C. The molecule has 0 bridgehead atoms. The van der Waals surface area contributed by atoms with Crippen molar-refractivity contribution in [2.24, 2.45) is 0 Å². The standard InChI is InChI=1S/C13H21N3O3/c1-6-16-9-14-7-10(16)13(5,8-17)15-11(18)19-12(2,3)4/h7-9H,6H2,1-5H3,(H,15,18). The summed E-state index contributed by atoms with van der Waals surface area (Å²) in [5, 5.41) is 2.59. The molecule has 19 heavy (non-hydrogen) atoms. The zero-order valence-corrected chi connectivity index (χ0v) is 12.1. The van der Waals surface area contributed by atoms with Crippen molar-refractivity contribution in [1.29, 1.82) is 0 Å². The van der Waals surface area contributed by atoms with Crippen LogP contribution in [0.3, 0.4) is 0 Å². The number of hydrogen-bond donors (Lipinski definition) is 1. The molecule has 0 saturated carbocycles. The second-order valence-electron chi connectivity index (χ2n) is 5.51. The number of ether oxygens (including phenoxy) is 1. The monoisotopic (exact) mass is 267 g/mol. The third-order valence-electron chi connectivity index (χ3n) is 2.58. The highest BCUT2D eigenvalue weighted by atomic mass is 16.6. The lowest BCUT2D eigenvalue weighted by molar-refractivity contribution is -0.113. The van der Waals surface area contributed by atoms with E-state index in [1.165, 1.54) is 0 Å². The van der Waals surface area contributed by atoms with E-state index < -0.39 is 17.2 Å². The van der Waals surface area contributed by atoms with Gasteiger partial charge < -0.3 is 19.4 Å². The van der Waals surface area contributed by atoms with E-state index in [1.54, 1.807) is 44.8 Å². The van der Waals surface area contributed by atoms with Gasteiger partial charge in [-0.2, -0.15) is 0 Å². The molecule has 1 unspecified atom stereocenters. The predicted octanol–water partition coefficient (Wildman–Crippen LogP) is 1.84. The van der Waals surface area contributed by atoms with Crippen molar-refractivity contribution in [2.45, 2.75) is 52.3 Å². The molecule has 1 rings (SSSR count). The van der Waals surface area contributed by atoms with Crippen molar-refractivity contribution < 1.29 is 14.3 Å². The first-order valence-corrected chi connectivity index (χ1v) is 6.20. The third kappa shape index (κ3) is 3.81. The van der Waals surface area contributed by atoms with Gasteiger partial charge in [0, 0.05) is 6.54 Å². The summed E-state index contributed by atoms with van der Waals surface area (Å²) >= 11 is 0. The fraction of sp³-hybridized carbons (Fsp3) is 0.615. The van der Waals surface area contributed by atoms with Crippen LogP contribution in [0.2, 0.25) is 0 Å². The topological polar surface area (TPSA) is 73.2 Å². The lowest BCUT2D eigenvalue weighted by Crippen LogP contribution is -2.48. The minimum absolute atomic E-state index is 0.612. The van der Waals surface area contributed by atoms with E-state index in [0.29, 0.717) is 18.5 Å². The van der Waals surface area contributed by atoms with E-state index in [1.807, 2.05) is 6.92 Å². The average molecular weight is 267 g/mol.